The van der Waals surface area contributed by atoms with Crippen LogP contribution in [0.15, 0.2) is 30.5 Å². The first-order valence-electron chi connectivity index (χ1n) is 9.29. The van der Waals surface area contributed by atoms with Gasteiger partial charge in [0.15, 0.2) is 0 Å². The van der Waals surface area contributed by atoms with Crippen molar-refractivity contribution in [1.82, 2.24) is 10.3 Å². The number of aromatic nitrogens is 1. The van der Waals surface area contributed by atoms with Crippen molar-refractivity contribution in [2.45, 2.75) is 44.2 Å². The topological polar surface area (TPSA) is 120 Å². The number of hydrogen-bond donors (Lipinski definition) is 3. The number of hydrogen-bond acceptors (Lipinski definition) is 6. The fourth-order valence-electron chi connectivity index (χ4n) is 3.21. The Bertz CT molecular complexity index is 899. The van der Waals surface area contributed by atoms with Crippen LogP contribution in [0.5, 0.6) is 0 Å². The molecule has 154 valence electrons. The lowest BCUT2D eigenvalue weighted by Gasteiger charge is -2.20. The molecule has 5 N–H and O–H groups in total. The lowest BCUT2D eigenvalue weighted by Crippen LogP contribution is -2.44. The number of pyridine rings is 1. The zero-order chi connectivity index (χ0) is 21.0. The quantitative estimate of drug-likeness (QED) is 0.502. The molecular formula is C20H22F2N4O3. The van der Waals surface area contributed by atoms with E-state index in [1.165, 1.54) is 6.20 Å². The van der Waals surface area contributed by atoms with Gasteiger partial charge in [-0.25, -0.2) is 18.6 Å². The van der Waals surface area contributed by atoms with Crippen LogP contribution in [0, 0.1) is 11.6 Å². The number of nitrogens with one attached hydrogen (secondary N) is 1. The number of halogens is 2. The highest BCUT2D eigenvalue weighted by atomic mass is 19.1. The van der Waals surface area contributed by atoms with E-state index in [1.54, 1.807) is 12.1 Å². The molecule has 1 fully saturated rings. The predicted octanol–water partition coefficient (Wildman–Crippen LogP) is 2.35. The molecule has 1 aromatic heterocycles. The van der Waals surface area contributed by atoms with Crippen LogP contribution in [0.2, 0.25) is 0 Å². The summed E-state index contributed by atoms with van der Waals surface area (Å²) in [7, 11) is 0. The molecule has 0 unspecified atom stereocenters. The van der Waals surface area contributed by atoms with Crippen molar-refractivity contribution in [3.8, 4) is 0 Å². The molecule has 0 bridgehead atoms. The van der Waals surface area contributed by atoms with Crippen molar-refractivity contribution in [3.05, 3.63) is 53.2 Å². The van der Waals surface area contributed by atoms with Crippen molar-refractivity contribution in [2.75, 3.05) is 11.5 Å². The minimum absolute atomic E-state index is 0.0592. The van der Waals surface area contributed by atoms with Crippen molar-refractivity contribution < 1.29 is 23.1 Å². The second kappa shape index (κ2) is 8.85. The molecule has 1 atom stereocenters. The molecule has 9 heteroatoms. The number of nitrogens with two attached hydrogens (primary N) is 2. The summed E-state index contributed by atoms with van der Waals surface area (Å²) in [4.78, 5) is 29.2. The van der Waals surface area contributed by atoms with Crippen LogP contribution in [0.4, 0.5) is 20.3 Å². The SMILES string of the molecule is Nc1ccc(C[C@H](NC(=O)c2cc(F)c(N)cc2F)C(=O)OC2CCCC2)cn1. The van der Waals surface area contributed by atoms with Gasteiger partial charge in [0.1, 0.15) is 29.6 Å². The fraction of sp³-hybridized carbons (Fsp3) is 0.350. The lowest BCUT2D eigenvalue weighted by molar-refractivity contribution is -0.151. The number of nitrogen functional groups attached to an aromatic ring is 2. The van der Waals surface area contributed by atoms with Gasteiger partial charge in [0.05, 0.1) is 11.3 Å². The third-order valence-corrected chi connectivity index (χ3v) is 4.79. The number of nitrogens with zero attached hydrogens (tertiary/aromatic N) is 1. The molecule has 0 saturated heterocycles. The predicted molar refractivity (Wildman–Crippen MR) is 103 cm³/mol. The van der Waals surface area contributed by atoms with Crippen molar-refractivity contribution in [3.63, 3.8) is 0 Å². The monoisotopic (exact) mass is 404 g/mol. The zero-order valence-electron chi connectivity index (χ0n) is 15.7. The second-order valence-electron chi connectivity index (χ2n) is 7.02. The summed E-state index contributed by atoms with van der Waals surface area (Å²) < 4.78 is 33.3. The Morgan fingerprint density at radius 3 is 2.55 bits per heavy atom. The maximum Gasteiger partial charge on any atom is 0.329 e. The molecule has 1 heterocycles. The molecule has 29 heavy (non-hydrogen) atoms. The average molecular weight is 404 g/mol. The Hall–Kier alpha value is -3.23. The van der Waals surface area contributed by atoms with E-state index >= 15 is 0 Å². The van der Waals surface area contributed by atoms with Gasteiger partial charge < -0.3 is 21.5 Å². The average Bonchev–Trinajstić information content (AvgIpc) is 3.18. The van der Waals surface area contributed by atoms with Crippen LogP contribution in [0.3, 0.4) is 0 Å². The van der Waals surface area contributed by atoms with Crippen LogP contribution in [0.1, 0.15) is 41.6 Å². The molecule has 1 aliphatic rings. The molecule has 2 aromatic rings. The van der Waals surface area contributed by atoms with E-state index in [0.29, 0.717) is 17.4 Å². The number of anilines is 2. The van der Waals surface area contributed by atoms with Crippen LogP contribution in [-0.2, 0) is 16.0 Å². The molecule has 1 saturated carbocycles. The molecule has 1 aromatic carbocycles. The van der Waals surface area contributed by atoms with E-state index < -0.39 is 40.8 Å². The van der Waals surface area contributed by atoms with Gasteiger partial charge in [0.2, 0.25) is 0 Å². The number of amides is 1. The van der Waals surface area contributed by atoms with Crippen molar-refractivity contribution >= 4 is 23.4 Å². The van der Waals surface area contributed by atoms with Crippen molar-refractivity contribution in [1.29, 1.82) is 0 Å². The van der Waals surface area contributed by atoms with E-state index in [0.717, 1.165) is 31.7 Å². The minimum atomic E-state index is -1.10. The van der Waals surface area contributed by atoms with Gasteiger partial charge in [-0.15, -0.1) is 0 Å². The van der Waals surface area contributed by atoms with E-state index in [-0.39, 0.29) is 12.5 Å². The van der Waals surface area contributed by atoms with Gasteiger partial charge in [-0.1, -0.05) is 6.07 Å². The molecule has 3 rings (SSSR count). The summed E-state index contributed by atoms with van der Waals surface area (Å²) >= 11 is 0. The molecule has 1 aliphatic carbocycles. The Morgan fingerprint density at radius 2 is 1.90 bits per heavy atom. The summed E-state index contributed by atoms with van der Waals surface area (Å²) in [6.45, 7) is 0. The molecule has 7 nitrogen and oxygen atoms in total. The Balaban J connectivity index is 1.79. The molecule has 0 aliphatic heterocycles. The molecule has 0 radical (unpaired) electrons. The van der Waals surface area contributed by atoms with E-state index in [1.807, 2.05) is 0 Å². The maximum atomic E-state index is 14.1. The Morgan fingerprint density at radius 1 is 1.17 bits per heavy atom. The summed E-state index contributed by atoms with van der Waals surface area (Å²) in [6, 6.07) is 3.54. The largest absolute Gasteiger partial charge is 0.461 e. The number of esters is 1. The highest BCUT2D eigenvalue weighted by Crippen LogP contribution is 2.22. The first-order chi connectivity index (χ1) is 13.8. The van der Waals surface area contributed by atoms with Gasteiger partial charge in [-0.2, -0.15) is 0 Å². The summed E-state index contributed by atoms with van der Waals surface area (Å²) in [5.74, 6) is -3.19. The third-order valence-electron chi connectivity index (χ3n) is 4.79. The van der Waals surface area contributed by atoms with Gasteiger partial charge in [-0.3, -0.25) is 4.79 Å². The fourth-order valence-corrected chi connectivity index (χ4v) is 3.21. The van der Waals surface area contributed by atoms with Crippen LogP contribution in [-0.4, -0.2) is 29.0 Å². The van der Waals surface area contributed by atoms with Crippen LogP contribution >= 0.6 is 0 Å². The number of rotatable bonds is 6. The summed E-state index contributed by atoms with van der Waals surface area (Å²) in [5, 5.41) is 2.44. The zero-order valence-corrected chi connectivity index (χ0v) is 15.7. The third kappa shape index (κ3) is 5.18. The first kappa shape index (κ1) is 20.5. The van der Waals surface area contributed by atoms with Gasteiger partial charge in [0, 0.05) is 18.7 Å². The number of ether oxygens (including phenoxy) is 1. The van der Waals surface area contributed by atoms with Gasteiger partial charge in [-0.05, 0) is 43.4 Å². The van der Waals surface area contributed by atoms with E-state index in [9.17, 15) is 18.4 Å². The molecular weight excluding hydrogens is 382 g/mol. The number of carbonyl (C=O) groups is 2. The van der Waals surface area contributed by atoms with Crippen LogP contribution < -0.4 is 16.8 Å². The van der Waals surface area contributed by atoms with E-state index in [4.69, 9.17) is 16.2 Å². The minimum Gasteiger partial charge on any atom is -0.461 e. The highest BCUT2D eigenvalue weighted by Gasteiger charge is 2.28. The second-order valence-corrected chi connectivity index (χ2v) is 7.02. The molecule has 1 amide bonds. The lowest BCUT2D eigenvalue weighted by atomic mass is 10.1. The standard InChI is InChI=1S/C20H22F2N4O3/c21-14-9-16(23)15(22)8-13(14)19(27)26-17(7-11-5-6-18(24)25-10-11)20(28)29-12-3-1-2-4-12/h5-6,8-10,12,17H,1-4,7,23H2,(H2,24,25)(H,26,27)/t17-/m0/s1. The summed E-state index contributed by atoms with van der Waals surface area (Å²) in [5.41, 5.74) is 10.5. The Labute approximate surface area is 166 Å². The Kier molecular flexibility index (Phi) is 6.26. The number of benzene rings is 1. The van der Waals surface area contributed by atoms with Gasteiger partial charge in [0.25, 0.3) is 5.91 Å². The van der Waals surface area contributed by atoms with Gasteiger partial charge >= 0.3 is 5.97 Å². The first-order valence-corrected chi connectivity index (χ1v) is 9.29. The highest BCUT2D eigenvalue weighted by molar-refractivity contribution is 5.97. The van der Waals surface area contributed by atoms with E-state index in [2.05, 4.69) is 10.3 Å². The normalized spacial score (nSPS) is 15.1. The number of carbonyl (C=O) groups excluding carboxylic acids is 2. The summed E-state index contributed by atoms with van der Waals surface area (Å²) in [6.07, 6.45) is 4.77. The molecule has 0 spiro atoms. The van der Waals surface area contributed by atoms with Crippen LogP contribution in [0.25, 0.3) is 0 Å². The smallest absolute Gasteiger partial charge is 0.329 e. The van der Waals surface area contributed by atoms with Crippen molar-refractivity contribution in [2.24, 2.45) is 0 Å². The maximum absolute atomic E-state index is 14.1.